The molecule has 0 saturated carbocycles. The van der Waals surface area contributed by atoms with Crippen molar-refractivity contribution in [2.75, 3.05) is 24.6 Å². The van der Waals surface area contributed by atoms with E-state index in [4.69, 9.17) is 4.74 Å². The van der Waals surface area contributed by atoms with E-state index in [2.05, 4.69) is 10.9 Å². The fourth-order valence-electron chi connectivity index (χ4n) is 3.27. The number of carbonyl (C=O) groups excluding carboxylic acids is 2. The highest BCUT2D eigenvalue weighted by molar-refractivity contribution is 5.96. The van der Waals surface area contributed by atoms with Crippen LogP contribution in [0.15, 0.2) is 42.5 Å². The first kappa shape index (κ1) is 20.1. The van der Waals surface area contributed by atoms with E-state index in [1.54, 1.807) is 6.92 Å². The molecular weight excluding hydrogens is 376 g/mol. The Kier molecular flexibility index (Phi) is 6.28. The zero-order valence-corrected chi connectivity index (χ0v) is 16.0. The van der Waals surface area contributed by atoms with Crippen molar-refractivity contribution < 1.29 is 19.2 Å². The first-order valence-electron chi connectivity index (χ1n) is 9.33. The molecule has 152 valence electrons. The number of para-hydroxylation sites is 1. The zero-order valence-electron chi connectivity index (χ0n) is 16.0. The molecule has 3 rings (SSSR count). The number of amides is 2. The minimum absolute atomic E-state index is 0.0452. The van der Waals surface area contributed by atoms with Crippen molar-refractivity contribution >= 4 is 23.2 Å². The predicted octanol–water partition coefficient (Wildman–Crippen LogP) is 2.21. The second kappa shape index (κ2) is 9.05. The molecule has 0 unspecified atom stereocenters. The van der Waals surface area contributed by atoms with Gasteiger partial charge in [0.15, 0.2) is 5.75 Å². The second-order valence-corrected chi connectivity index (χ2v) is 6.53. The fourth-order valence-corrected chi connectivity index (χ4v) is 3.27. The molecule has 0 atom stereocenters. The quantitative estimate of drug-likeness (QED) is 0.570. The molecular formula is C20H22N4O5. The summed E-state index contributed by atoms with van der Waals surface area (Å²) in [6, 6.07) is 11.8. The number of nitro groups is 1. The second-order valence-electron chi connectivity index (χ2n) is 6.53. The third-order valence-electron chi connectivity index (χ3n) is 4.57. The minimum Gasteiger partial charge on any atom is -0.487 e. The number of benzene rings is 2. The number of anilines is 1. The van der Waals surface area contributed by atoms with Gasteiger partial charge in [-0.3, -0.25) is 30.6 Å². The first-order chi connectivity index (χ1) is 14.0. The van der Waals surface area contributed by atoms with E-state index in [9.17, 15) is 19.7 Å². The monoisotopic (exact) mass is 398 g/mol. The van der Waals surface area contributed by atoms with Crippen molar-refractivity contribution in [3.8, 4) is 5.75 Å². The number of hydrogen-bond donors (Lipinski definition) is 2. The Bertz CT molecular complexity index is 931. The van der Waals surface area contributed by atoms with E-state index in [0.29, 0.717) is 0 Å². The molecule has 0 aromatic heterocycles. The summed E-state index contributed by atoms with van der Waals surface area (Å²) in [6.45, 7) is 2.83. The molecule has 0 saturated heterocycles. The Morgan fingerprint density at radius 1 is 1.21 bits per heavy atom. The Labute approximate surface area is 167 Å². The average Bonchev–Trinajstić information content (AvgIpc) is 2.72. The molecule has 0 spiro atoms. The van der Waals surface area contributed by atoms with Crippen LogP contribution in [0.3, 0.4) is 0 Å². The molecule has 0 fully saturated rings. The molecule has 9 heteroatoms. The topological polar surface area (TPSA) is 114 Å². The Balaban J connectivity index is 1.60. The van der Waals surface area contributed by atoms with Gasteiger partial charge in [-0.1, -0.05) is 18.2 Å². The lowest BCUT2D eigenvalue weighted by atomic mass is 10.0. The van der Waals surface area contributed by atoms with Crippen molar-refractivity contribution in [1.29, 1.82) is 0 Å². The summed E-state index contributed by atoms with van der Waals surface area (Å²) in [7, 11) is 0. The summed E-state index contributed by atoms with van der Waals surface area (Å²) in [5.74, 6) is -0.944. The highest BCUT2D eigenvalue weighted by Gasteiger charge is 2.21. The number of nitrogens with zero attached hydrogens (tertiary/aromatic N) is 2. The van der Waals surface area contributed by atoms with Crippen LogP contribution >= 0.6 is 0 Å². The highest BCUT2D eigenvalue weighted by atomic mass is 16.6. The number of rotatable bonds is 6. The number of nitro benzene ring substituents is 1. The average molecular weight is 398 g/mol. The van der Waals surface area contributed by atoms with Gasteiger partial charge in [0, 0.05) is 23.9 Å². The van der Waals surface area contributed by atoms with Gasteiger partial charge in [-0.05, 0) is 43.5 Å². The molecule has 2 aromatic rings. The lowest BCUT2D eigenvalue weighted by Crippen LogP contribution is -2.47. The summed E-state index contributed by atoms with van der Waals surface area (Å²) in [4.78, 5) is 37.1. The summed E-state index contributed by atoms with van der Waals surface area (Å²) in [5.41, 5.74) is 6.61. The SMILES string of the molecule is CCOc1ccc(C(=O)NNC(=O)CN2CCCc3ccccc32)cc1[N+](=O)[O-]. The van der Waals surface area contributed by atoms with Crippen LogP contribution in [0.5, 0.6) is 5.75 Å². The fraction of sp³-hybridized carbons (Fsp3) is 0.300. The molecule has 1 aliphatic rings. The van der Waals surface area contributed by atoms with Crippen molar-refractivity contribution in [3.63, 3.8) is 0 Å². The van der Waals surface area contributed by atoms with Gasteiger partial charge >= 0.3 is 5.69 Å². The van der Waals surface area contributed by atoms with Gasteiger partial charge in [0.2, 0.25) is 0 Å². The van der Waals surface area contributed by atoms with Gasteiger partial charge < -0.3 is 9.64 Å². The van der Waals surface area contributed by atoms with Crippen LogP contribution in [0.1, 0.15) is 29.3 Å². The third-order valence-corrected chi connectivity index (χ3v) is 4.57. The maximum Gasteiger partial charge on any atom is 0.311 e. The maximum absolute atomic E-state index is 12.3. The standard InChI is InChI=1S/C20H22N4O5/c1-2-29-18-10-9-15(12-17(18)24(27)28)20(26)22-21-19(25)13-23-11-5-7-14-6-3-4-8-16(14)23/h3-4,6,8-10,12H,2,5,7,11,13H2,1H3,(H,21,25)(H,22,26). The van der Waals surface area contributed by atoms with E-state index in [1.165, 1.54) is 17.7 Å². The first-order valence-corrected chi connectivity index (χ1v) is 9.33. The summed E-state index contributed by atoms with van der Waals surface area (Å²) in [5, 5.41) is 11.2. The van der Waals surface area contributed by atoms with E-state index in [1.807, 2.05) is 29.2 Å². The van der Waals surface area contributed by atoms with Crippen molar-refractivity contribution in [2.45, 2.75) is 19.8 Å². The molecule has 0 bridgehead atoms. The molecule has 2 N–H and O–H groups in total. The van der Waals surface area contributed by atoms with Crippen LogP contribution in [0.2, 0.25) is 0 Å². The van der Waals surface area contributed by atoms with E-state index in [-0.39, 0.29) is 36.1 Å². The largest absolute Gasteiger partial charge is 0.487 e. The lowest BCUT2D eigenvalue weighted by Gasteiger charge is -2.30. The molecule has 9 nitrogen and oxygen atoms in total. The van der Waals surface area contributed by atoms with Crippen molar-refractivity contribution in [3.05, 3.63) is 63.7 Å². The van der Waals surface area contributed by atoms with E-state index < -0.39 is 10.8 Å². The number of ether oxygens (including phenoxy) is 1. The van der Waals surface area contributed by atoms with Crippen LogP contribution in [-0.2, 0) is 11.2 Å². The van der Waals surface area contributed by atoms with Crippen molar-refractivity contribution in [2.24, 2.45) is 0 Å². The Morgan fingerprint density at radius 2 is 2.00 bits per heavy atom. The van der Waals surface area contributed by atoms with Crippen LogP contribution in [0.25, 0.3) is 0 Å². The number of nitrogens with one attached hydrogen (secondary N) is 2. The highest BCUT2D eigenvalue weighted by Crippen LogP contribution is 2.28. The maximum atomic E-state index is 12.3. The van der Waals surface area contributed by atoms with Crippen LogP contribution in [0.4, 0.5) is 11.4 Å². The van der Waals surface area contributed by atoms with E-state index in [0.717, 1.165) is 31.1 Å². The van der Waals surface area contributed by atoms with Crippen LogP contribution in [-0.4, -0.2) is 36.4 Å². The summed E-state index contributed by atoms with van der Waals surface area (Å²) >= 11 is 0. The zero-order chi connectivity index (χ0) is 20.8. The molecule has 0 radical (unpaired) electrons. The van der Waals surface area contributed by atoms with Gasteiger partial charge in [-0.25, -0.2) is 0 Å². The molecule has 2 amide bonds. The predicted molar refractivity (Wildman–Crippen MR) is 107 cm³/mol. The Hall–Kier alpha value is -3.62. The molecule has 29 heavy (non-hydrogen) atoms. The van der Waals surface area contributed by atoms with Crippen LogP contribution in [0, 0.1) is 10.1 Å². The van der Waals surface area contributed by atoms with Gasteiger partial charge in [0.25, 0.3) is 11.8 Å². The number of carbonyl (C=O) groups is 2. The number of fused-ring (bicyclic) bond motifs is 1. The van der Waals surface area contributed by atoms with Gasteiger partial charge in [-0.2, -0.15) is 0 Å². The van der Waals surface area contributed by atoms with Gasteiger partial charge in [0.05, 0.1) is 18.1 Å². The van der Waals surface area contributed by atoms with Gasteiger partial charge in [0.1, 0.15) is 0 Å². The summed E-state index contributed by atoms with van der Waals surface area (Å²) < 4.78 is 5.20. The third kappa shape index (κ3) is 4.81. The Morgan fingerprint density at radius 3 is 2.76 bits per heavy atom. The number of aryl methyl sites for hydroxylation is 1. The lowest BCUT2D eigenvalue weighted by molar-refractivity contribution is -0.385. The van der Waals surface area contributed by atoms with Gasteiger partial charge in [-0.15, -0.1) is 0 Å². The van der Waals surface area contributed by atoms with E-state index >= 15 is 0 Å². The van der Waals surface area contributed by atoms with Crippen molar-refractivity contribution in [1.82, 2.24) is 10.9 Å². The number of hydrazine groups is 1. The molecule has 1 heterocycles. The molecule has 1 aliphatic heterocycles. The minimum atomic E-state index is -0.649. The molecule has 0 aliphatic carbocycles. The number of hydrogen-bond acceptors (Lipinski definition) is 6. The normalized spacial score (nSPS) is 12.7. The molecule has 2 aromatic carbocycles. The smallest absolute Gasteiger partial charge is 0.311 e. The van der Waals surface area contributed by atoms with Crippen LogP contribution < -0.4 is 20.5 Å². The summed E-state index contributed by atoms with van der Waals surface area (Å²) in [6.07, 6.45) is 1.92.